The zero-order valence-electron chi connectivity index (χ0n) is 9.73. The van der Waals surface area contributed by atoms with E-state index in [-0.39, 0.29) is 0 Å². The molecule has 0 amide bonds. The van der Waals surface area contributed by atoms with Gasteiger partial charge in [0, 0.05) is 18.1 Å². The maximum atomic E-state index is 13.6. The number of aliphatic hydroxyl groups excluding tert-OH is 1. The van der Waals surface area contributed by atoms with Crippen LogP contribution in [0.5, 0.6) is 0 Å². The maximum Gasteiger partial charge on any atom is 0.419 e. The van der Waals surface area contributed by atoms with E-state index in [0.29, 0.717) is 6.07 Å². The van der Waals surface area contributed by atoms with Gasteiger partial charge in [0.05, 0.1) is 5.57 Å². The van der Waals surface area contributed by atoms with Crippen molar-refractivity contribution in [3.05, 3.63) is 59.0 Å². The first-order chi connectivity index (χ1) is 9.21. The van der Waals surface area contributed by atoms with Crippen molar-refractivity contribution < 1.29 is 31.4 Å². The van der Waals surface area contributed by atoms with Crippen molar-refractivity contribution in [1.82, 2.24) is 0 Å². The SMILES string of the molecule is OC1=C(F)C(C(F)(F)F)=C(c2ccc(F)cc2F)C[CH]1. The lowest BCUT2D eigenvalue weighted by Crippen LogP contribution is -2.19. The van der Waals surface area contributed by atoms with Gasteiger partial charge in [0.1, 0.15) is 17.4 Å². The van der Waals surface area contributed by atoms with Crippen molar-refractivity contribution in [3.8, 4) is 0 Å². The maximum absolute atomic E-state index is 13.6. The monoisotopic (exact) mass is 293 g/mol. The molecule has 0 atom stereocenters. The summed E-state index contributed by atoms with van der Waals surface area (Å²) in [5, 5.41) is 9.05. The number of halogens is 6. The van der Waals surface area contributed by atoms with Gasteiger partial charge in [-0.1, -0.05) is 0 Å². The van der Waals surface area contributed by atoms with Gasteiger partial charge < -0.3 is 5.11 Å². The molecule has 0 fully saturated rings. The van der Waals surface area contributed by atoms with Crippen LogP contribution in [0.4, 0.5) is 26.3 Å². The average molecular weight is 293 g/mol. The molecule has 0 heterocycles. The largest absolute Gasteiger partial charge is 0.509 e. The van der Waals surface area contributed by atoms with Gasteiger partial charge in [-0.15, -0.1) is 0 Å². The van der Waals surface area contributed by atoms with E-state index in [1.807, 2.05) is 0 Å². The minimum atomic E-state index is -5.11. The van der Waals surface area contributed by atoms with Crippen LogP contribution in [-0.4, -0.2) is 11.3 Å². The molecule has 0 bridgehead atoms. The Labute approximate surface area is 109 Å². The Morgan fingerprint density at radius 2 is 1.70 bits per heavy atom. The molecule has 0 saturated carbocycles. The Morgan fingerprint density at radius 3 is 2.25 bits per heavy atom. The van der Waals surface area contributed by atoms with Gasteiger partial charge in [0.15, 0.2) is 5.83 Å². The zero-order chi connectivity index (χ0) is 15.1. The second kappa shape index (κ2) is 4.88. The van der Waals surface area contributed by atoms with Crippen LogP contribution < -0.4 is 0 Å². The summed E-state index contributed by atoms with van der Waals surface area (Å²) < 4.78 is 78.4. The van der Waals surface area contributed by atoms with E-state index in [2.05, 4.69) is 0 Å². The minimum absolute atomic E-state index is 0.409. The number of hydrogen-bond acceptors (Lipinski definition) is 1. The fraction of sp³-hybridized carbons (Fsp3) is 0.154. The summed E-state index contributed by atoms with van der Waals surface area (Å²) in [6, 6.07) is 1.98. The molecule has 0 spiro atoms. The third-order valence-electron chi connectivity index (χ3n) is 2.79. The highest BCUT2D eigenvalue weighted by molar-refractivity contribution is 5.76. The molecule has 2 rings (SSSR count). The summed E-state index contributed by atoms with van der Waals surface area (Å²) in [5.74, 6) is -5.21. The summed E-state index contributed by atoms with van der Waals surface area (Å²) in [4.78, 5) is 0. The van der Waals surface area contributed by atoms with E-state index in [0.717, 1.165) is 18.6 Å². The van der Waals surface area contributed by atoms with Crippen LogP contribution in [0.15, 0.2) is 35.4 Å². The number of rotatable bonds is 1. The molecule has 20 heavy (non-hydrogen) atoms. The van der Waals surface area contributed by atoms with E-state index in [9.17, 15) is 26.3 Å². The molecule has 1 aliphatic rings. The smallest absolute Gasteiger partial charge is 0.419 e. The van der Waals surface area contributed by atoms with E-state index < -0.39 is 52.5 Å². The molecular formula is C13H7F6O. The number of aliphatic hydroxyl groups is 1. The molecular weight excluding hydrogens is 286 g/mol. The Bertz CT molecular complexity index is 612. The third kappa shape index (κ3) is 2.52. The Balaban J connectivity index is 2.70. The molecule has 0 saturated heterocycles. The number of hydrogen-bond donors (Lipinski definition) is 1. The van der Waals surface area contributed by atoms with Crippen LogP contribution in [0, 0.1) is 18.1 Å². The van der Waals surface area contributed by atoms with Crippen molar-refractivity contribution in [2.75, 3.05) is 0 Å². The molecule has 1 N–H and O–H groups in total. The molecule has 0 unspecified atom stereocenters. The summed E-state index contributed by atoms with van der Waals surface area (Å²) in [7, 11) is 0. The van der Waals surface area contributed by atoms with Crippen LogP contribution in [-0.2, 0) is 0 Å². The predicted octanol–water partition coefficient (Wildman–Crippen LogP) is 4.63. The third-order valence-corrected chi connectivity index (χ3v) is 2.79. The van der Waals surface area contributed by atoms with Gasteiger partial charge in [0.2, 0.25) is 0 Å². The summed E-state index contributed by atoms with van der Waals surface area (Å²) in [5.41, 5.74) is -2.99. The average Bonchev–Trinajstić information content (AvgIpc) is 2.31. The molecule has 1 nitrogen and oxygen atoms in total. The molecule has 7 heteroatoms. The summed E-state index contributed by atoms with van der Waals surface area (Å²) in [6.45, 7) is 0. The van der Waals surface area contributed by atoms with Gasteiger partial charge in [0.25, 0.3) is 0 Å². The molecule has 0 aliphatic heterocycles. The normalized spacial score (nSPS) is 16.9. The Hall–Kier alpha value is -1.92. The highest BCUT2D eigenvalue weighted by Crippen LogP contribution is 2.44. The zero-order valence-corrected chi connectivity index (χ0v) is 9.73. The Morgan fingerprint density at radius 1 is 1.05 bits per heavy atom. The van der Waals surface area contributed by atoms with Crippen LogP contribution >= 0.6 is 0 Å². The second-order valence-electron chi connectivity index (χ2n) is 4.08. The molecule has 0 aromatic heterocycles. The minimum Gasteiger partial charge on any atom is -0.509 e. The molecule has 1 aromatic rings. The summed E-state index contributed by atoms with van der Waals surface area (Å²) >= 11 is 0. The van der Waals surface area contributed by atoms with Crippen LogP contribution in [0.2, 0.25) is 0 Å². The topological polar surface area (TPSA) is 20.2 Å². The lowest BCUT2D eigenvalue weighted by atomic mass is 9.89. The first kappa shape index (κ1) is 14.5. The van der Waals surface area contributed by atoms with Gasteiger partial charge in [-0.25, -0.2) is 13.2 Å². The number of alkyl halides is 3. The van der Waals surface area contributed by atoms with Gasteiger partial charge in [-0.3, -0.25) is 0 Å². The quantitative estimate of drug-likeness (QED) is 0.749. The molecule has 1 aromatic carbocycles. The van der Waals surface area contributed by atoms with Crippen molar-refractivity contribution >= 4 is 5.57 Å². The van der Waals surface area contributed by atoms with Gasteiger partial charge in [-0.05, 0) is 24.1 Å². The second-order valence-corrected chi connectivity index (χ2v) is 4.08. The van der Waals surface area contributed by atoms with Crippen molar-refractivity contribution in [2.45, 2.75) is 12.6 Å². The van der Waals surface area contributed by atoms with Gasteiger partial charge >= 0.3 is 6.18 Å². The van der Waals surface area contributed by atoms with Crippen LogP contribution in [0.25, 0.3) is 5.57 Å². The first-order valence-electron chi connectivity index (χ1n) is 5.40. The fourth-order valence-electron chi connectivity index (χ4n) is 1.93. The van der Waals surface area contributed by atoms with Crippen molar-refractivity contribution in [1.29, 1.82) is 0 Å². The van der Waals surface area contributed by atoms with Gasteiger partial charge in [-0.2, -0.15) is 13.2 Å². The summed E-state index contributed by atoms with van der Waals surface area (Å²) in [6.07, 6.45) is -4.83. The lowest BCUT2D eigenvalue weighted by molar-refractivity contribution is -0.0912. The van der Waals surface area contributed by atoms with E-state index in [4.69, 9.17) is 5.11 Å². The lowest BCUT2D eigenvalue weighted by Gasteiger charge is -2.22. The van der Waals surface area contributed by atoms with Crippen LogP contribution in [0.3, 0.4) is 0 Å². The number of allylic oxidation sites excluding steroid dienone is 4. The molecule has 1 aliphatic carbocycles. The van der Waals surface area contributed by atoms with Crippen molar-refractivity contribution in [3.63, 3.8) is 0 Å². The Kier molecular flexibility index (Phi) is 3.54. The standard InChI is InChI=1S/C13H7F6O/c14-6-1-2-7(9(15)5-6)8-3-4-10(20)12(16)11(8)13(17,18)19/h1-2,4-5,20H,3H2. The number of benzene rings is 1. The van der Waals surface area contributed by atoms with E-state index >= 15 is 0 Å². The molecule has 107 valence electrons. The highest BCUT2D eigenvalue weighted by Gasteiger charge is 2.43. The van der Waals surface area contributed by atoms with Crippen molar-refractivity contribution in [2.24, 2.45) is 0 Å². The molecule has 1 radical (unpaired) electrons. The van der Waals surface area contributed by atoms with E-state index in [1.54, 1.807) is 0 Å². The first-order valence-corrected chi connectivity index (χ1v) is 5.40. The highest BCUT2D eigenvalue weighted by atomic mass is 19.4. The fourth-order valence-corrected chi connectivity index (χ4v) is 1.93. The van der Waals surface area contributed by atoms with Crippen LogP contribution in [0.1, 0.15) is 12.0 Å². The van der Waals surface area contributed by atoms with E-state index in [1.165, 1.54) is 0 Å². The predicted molar refractivity (Wildman–Crippen MR) is 59.0 cm³/mol.